The highest BCUT2D eigenvalue weighted by Gasteiger charge is 2.45. The van der Waals surface area contributed by atoms with Gasteiger partial charge >= 0.3 is 0 Å². The predicted molar refractivity (Wildman–Crippen MR) is 130 cm³/mol. The number of aryl methyl sites for hydroxylation is 1. The van der Waals surface area contributed by atoms with Crippen molar-refractivity contribution >= 4 is 29.1 Å². The number of Topliss-reactive ketones (excluding diaryl/α,β-unsaturated/α-hetero) is 1. The van der Waals surface area contributed by atoms with Gasteiger partial charge in [-0.05, 0) is 54.8 Å². The van der Waals surface area contributed by atoms with Crippen molar-refractivity contribution < 1.29 is 19.4 Å². The van der Waals surface area contributed by atoms with Crippen LogP contribution < -0.4 is 4.74 Å². The van der Waals surface area contributed by atoms with Crippen LogP contribution in [0.2, 0.25) is 5.02 Å². The number of aromatic nitrogens is 2. The second-order valence-electron chi connectivity index (χ2n) is 8.07. The number of ether oxygens (including phenoxy) is 1. The van der Waals surface area contributed by atoms with Gasteiger partial charge in [0.15, 0.2) is 0 Å². The first-order chi connectivity index (χ1) is 16.5. The number of aliphatic hydroxyl groups is 1. The first-order valence-electron chi connectivity index (χ1n) is 11.2. The van der Waals surface area contributed by atoms with Gasteiger partial charge < -0.3 is 19.3 Å². The fourth-order valence-electron chi connectivity index (χ4n) is 4.06. The van der Waals surface area contributed by atoms with E-state index >= 15 is 0 Å². The topological polar surface area (TPSA) is 84.7 Å². The van der Waals surface area contributed by atoms with Crippen molar-refractivity contribution in [1.29, 1.82) is 0 Å². The summed E-state index contributed by atoms with van der Waals surface area (Å²) in [5.41, 5.74) is 1.18. The van der Waals surface area contributed by atoms with Crippen LogP contribution in [-0.2, 0) is 16.1 Å². The quantitative estimate of drug-likeness (QED) is 0.270. The van der Waals surface area contributed by atoms with Crippen LogP contribution in [0.25, 0.3) is 5.76 Å². The number of carbonyl (C=O) groups excluding carboxylic acids is 2. The summed E-state index contributed by atoms with van der Waals surface area (Å²) in [6.07, 6.45) is 6.72. The molecule has 1 fully saturated rings. The lowest BCUT2D eigenvalue weighted by Gasteiger charge is -2.25. The highest BCUT2D eigenvalue weighted by Crippen LogP contribution is 2.40. The lowest BCUT2D eigenvalue weighted by atomic mass is 9.95. The number of nitrogens with zero attached hydrogens (tertiary/aromatic N) is 3. The smallest absolute Gasteiger partial charge is 0.295 e. The Balaban J connectivity index is 1.73. The molecule has 1 N–H and O–H groups in total. The fourth-order valence-corrected chi connectivity index (χ4v) is 4.18. The Hall–Kier alpha value is -3.58. The molecule has 1 atom stereocenters. The summed E-state index contributed by atoms with van der Waals surface area (Å²) in [5, 5.41) is 11.6. The number of rotatable bonds is 9. The van der Waals surface area contributed by atoms with Crippen LogP contribution in [0.3, 0.4) is 0 Å². The standard InChI is InChI=1S/C26H26ClN3O4/c1-2-15-34-21-6-3-5-19(16-21)23-22(24(31)18-7-9-20(27)10-8-18)25(32)26(33)30(23)13-4-12-29-14-11-28-17-29/h3,5-11,14,16-17,23,31H,2,4,12-13,15H2,1H3/b24-22+/t23-/m0/s1. The average molecular weight is 480 g/mol. The van der Waals surface area contributed by atoms with E-state index in [-0.39, 0.29) is 11.3 Å². The van der Waals surface area contributed by atoms with Crippen LogP contribution in [0.4, 0.5) is 0 Å². The van der Waals surface area contributed by atoms with Crippen molar-refractivity contribution in [2.75, 3.05) is 13.2 Å². The lowest BCUT2D eigenvalue weighted by Crippen LogP contribution is -2.31. The van der Waals surface area contributed by atoms with Crippen molar-refractivity contribution in [3.05, 3.63) is 89.0 Å². The zero-order chi connectivity index (χ0) is 24.1. The predicted octanol–water partition coefficient (Wildman–Crippen LogP) is 4.84. The Kier molecular flexibility index (Phi) is 7.33. The third-order valence-electron chi connectivity index (χ3n) is 5.68. The second kappa shape index (κ2) is 10.6. The number of likely N-dealkylation sites (tertiary alicyclic amines) is 1. The van der Waals surface area contributed by atoms with Gasteiger partial charge in [-0.3, -0.25) is 9.59 Å². The van der Waals surface area contributed by atoms with Crippen molar-refractivity contribution in [2.24, 2.45) is 0 Å². The molecular weight excluding hydrogens is 454 g/mol. The van der Waals surface area contributed by atoms with Gasteiger partial charge in [0.05, 0.1) is 24.5 Å². The highest BCUT2D eigenvalue weighted by atomic mass is 35.5. The maximum atomic E-state index is 13.1. The van der Waals surface area contributed by atoms with Gasteiger partial charge in [-0.15, -0.1) is 0 Å². The van der Waals surface area contributed by atoms with Crippen LogP contribution in [0, 0.1) is 0 Å². The Morgan fingerprint density at radius 3 is 2.65 bits per heavy atom. The molecule has 1 aliphatic rings. The summed E-state index contributed by atoms with van der Waals surface area (Å²) in [6.45, 7) is 3.56. The van der Waals surface area contributed by atoms with Crippen LogP contribution in [-0.4, -0.2) is 44.4 Å². The minimum Gasteiger partial charge on any atom is -0.507 e. The van der Waals surface area contributed by atoms with Crippen LogP contribution in [0.15, 0.2) is 72.8 Å². The summed E-state index contributed by atoms with van der Waals surface area (Å²) < 4.78 is 7.69. The number of amides is 1. The van der Waals surface area contributed by atoms with Gasteiger partial charge in [0.25, 0.3) is 11.7 Å². The number of hydrogen-bond donors (Lipinski definition) is 1. The number of hydrogen-bond acceptors (Lipinski definition) is 5. The SMILES string of the molecule is CCCOc1cccc([C@H]2/C(=C(\O)c3ccc(Cl)cc3)C(=O)C(=O)N2CCCn2ccnc2)c1. The number of aliphatic hydroxyl groups excluding tert-OH is 1. The fraction of sp³-hybridized carbons (Fsp3) is 0.269. The lowest BCUT2D eigenvalue weighted by molar-refractivity contribution is -0.139. The second-order valence-corrected chi connectivity index (χ2v) is 8.51. The highest BCUT2D eigenvalue weighted by molar-refractivity contribution is 6.46. The molecule has 0 unspecified atom stereocenters. The van der Waals surface area contributed by atoms with Gasteiger partial charge in [0, 0.05) is 36.1 Å². The van der Waals surface area contributed by atoms with E-state index < -0.39 is 17.7 Å². The van der Waals surface area contributed by atoms with Gasteiger partial charge in [0.1, 0.15) is 11.5 Å². The number of benzene rings is 2. The largest absolute Gasteiger partial charge is 0.507 e. The van der Waals surface area contributed by atoms with Crippen molar-refractivity contribution in [3.63, 3.8) is 0 Å². The molecular formula is C26H26ClN3O4. The normalized spacial score (nSPS) is 17.4. The molecule has 0 spiro atoms. The van der Waals surface area contributed by atoms with E-state index in [1.165, 1.54) is 4.90 Å². The molecule has 0 radical (unpaired) electrons. The summed E-state index contributed by atoms with van der Waals surface area (Å²) in [5.74, 6) is -0.919. The van der Waals surface area contributed by atoms with E-state index in [1.54, 1.807) is 36.8 Å². The Morgan fingerprint density at radius 1 is 1.15 bits per heavy atom. The monoisotopic (exact) mass is 479 g/mol. The molecule has 2 aromatic carbocycles. The molecule has 1 saturated heterocycles. The van der Waals surface area contributed by atoms with Gasteiger partial charge in [0.2, 0.25) is 0 Å². The Labute approximate surface area is 203 Å². The first kappa shape index (κ1) is 23.6. The van der Waals surface area contributed by atoms with E-state index in [9.17, 15) is 14.7 Å². The Morgan fingerprint density at radius 2 is 1.94 bits per heavy atom. The maximum absolute atomic E-state index is 13.1. The van der Waals surface area contributed by atoms with Crippen LogP contribution >= 0.6 is 11.6 Å². The molecule has 8 heteroatoms. The molecule has 0 saturated carbocycles. The number of imidazole rings is 1. The third-order valence-corrected chi connectivity index (χ3v) is 5.93. The minimum atomic E-state index is -0.733. The van der Waals surface area contributed by atoms with Gasteiger partial charge in [-0.25, -0.2) is 4.98 Å². The zero-order valence-corrected chi connectivity index (χ0v) is 19.6. The zero-order valence-electron chi connectivity index (χ0n) is 18.9. The van der Waals surface area contributed by atoms with Crippen molar-refractivity contribution in [1.82, 2.24) is 14.5 Å². The third kappa shape index (κ3) is 4.99. The van der Waals surface area contributed by atoms with E-state index in [4.69, 9.17) is 16.3 Å². The molecule has 0 aliphatic carbocycles. The van der Waals surface area contributed by atoms with Crippen molar-refractivity contribution in [3.8, 4) is 5.75 Å². The molecule has 34 heavy (non-hydrogen) atoms. The summed E-state index contributed by atoms with van der Waals surface area (Å²) in [7, 11) is 0. The molecule has 7 nitrogen and oxygen atoms in total. The molecule has 176 valence electrons. The minimum absolute atomic E-state index is 0.0580. The van der Waals surface area contributed by atoms with Gasteiger partial charge in [-0.1, -0.05) is 30.7 Å². The average Bonchev–Trinajstić information content (AvgIpc) is 3.45. The maximum Gasteiger partial charge on any atom is 0.295 e. The molecule has 1 amide bonds. The first-order valence-corrected chi connectivity index (χ1v) is 11.6. The van der Waals surface area contributed by atoms with E-state index in [0.29, 0.717) is 48.0 Å². The van der Waals surface area contributed by atoms with Crippen LogP contribution in [0.5, 0.6) is 5.75 Å². The summed E-state index contributed by atoms with van der Waals surface area (Å²) in [4.78, 5) is 31.8. The molecule has 2 heterocycles. The number of ketones is 1. The van der Waals surface area contributed by atoms with Crippen molar-refractivity contribution in [2.45, 2.75) is 32.4 Å². The van der Waals surface area contributed by atoms with Gasteiger partial charge in [-0.2, -0.15) is 0 Å². The Bertz CT molecular complexity index is 1190. The molecule has 3 aromatic rings. The molecule has 4 rings (SSSR count). The molecule has 1 aromatic heterocycles. The summed E-state index contributed by atoms with van der Waals surface area (Å²) >= 11 is 5.99. The molecule has 1 aliphatic heterocycles. The van der Waals surface area contributed by atoms with E-state index in [1.807, 2.05) is 42.0 Å². The van der Waals surface area contributed by atoms with E-state index in [0.717, 1.165) is 6.42 Å². The number of halogens is 1. The summed E-state index contributed by atoms with van der Waals surface area (Å²) in [6, 6.07) is 13.1. The van der Waals surface area contributed by atoms with Crippen LogP contribution in [0.1, 0.15) is 36.9 Å². The number of carbonyl (C=O) groups is 2. The van der Waals surface area contributed by atoms with E-state index in [2.05, 4.69) is 4.98 Å². The molecule has 0 bridgehead atoms.